The lowest BCUT2D eigenvalue weighted by atomic mass is 9.83. The van der Waals surface area contributed by atoms with Gasteiger partial charge in [-0.2, -0.15) is 0 Å². The second-order valence-corrected chi connectivity index (χ2v) is 12.3. The van der Waals surface area contributed by atoms with Crippen LogP contribution in [0.1, 0.15) is 77.7 Å². The van der Waals surface area contributed by atoms with Crippen molar-refractivity contribution in [1.29, 1.82) is 0 Å². The van der Waals surface area contributed by atoms with Gasteiger partial charge in [0.1, 0.15) is 17.7 Å². The van der Waals surface area contributed by atoms with E-state index in [0.29, 0.717) is 6.42 Å². The van der Waals surface area contributed by atoms with Crippen LogP contribution in [-0.4, -0.2) is 77.9 Å². The Balaban J connectivity index is 1.82. The second kappa shape index (κ2) is 16.3. The molecule has 4 atom stereocenters. The van der Waals surface area contributed by atoms with Gasteiger partial charge in [0, 0.05) is 19.4 Å². The predicted octanol–water partition coefficient (Wildman–Crippen LogP) is 1.88. The Kier molecular flexibility index (Phi) is 12.8. The quantitative estimate of drug-likeness (QED) is 0.294. The highest BCUT2D eigenvalue weighted by Gasteiger charge is 2.35. The van der Waals surface area contributed by atoms with E-state index in [-0.39, 0.29) is 38.3 Å². The topological polar surface area (TPSA) is 172 Å². The summed E-state index contributed by atoms with van der Waals surface area (Å²) in [6.07, 6.45) is 3.35. The van der Waals surface area contributed by atoms with E-state index in [4.69, 9.17) is 9.47 Å². The molecule has 12 nitrogen and oxygen atoms in total. The number of ether oxygens (including phenoxy) is 2. The standard InChI is InChI=1S/C31H46N4O8/c1-31(2,3)43-30(41)35-23(18-21-13-8-5-9-14-21)27(38)34-24-19-32-25(36)15-10-16-42-29(40)26(37)22(33-28(24)39)17-20-11-6-4-7-12-20/h5,8-9,13-14,20,22-24,26,37H,4,6-7,10-12,15-19H2,1-3H3,(H,32,36)(H,33,39)(H,34,38)(H,35,41)/t22-,23-,24-,26+/m0/s1. The molecule has 4 amide bonds. The van der Waals surface area contributed by atoms with Crippen molar-refractivity contribution in [3.05, 3.63) is 35.9 Å². The van der Waals surface area contributed by atoms with Crippen molar-refractivity contribution in [1.82, 2.24) is 21.3 Å². The number of amides is 4. The van der Waals surface area contributed by atoms with E-state index in [1.165, 1.54) is 0 Å². The first kappa shape index (κ1) is 33.8. The summed E-state index contributed by atoms with van der Waals surface area (Å²) in [5, 5.41) is 21.5. The Labute approximate surface area is 253 Å². The first-order chi connectivity index (χ1) is 20.4. The molecular formula is C31H46N4O8. The highest BCUT2D eigenvalue weighted by atomic mass is 16.6. The molecule has 0 radical (unpaired) electrons. The summed E-state index contributed by atoms with van der Waals surface area (Å²) in [5.74, 6) is -2.41. The zero-order chi connectivity index (χ0) is 31.4. The Morgan fingerprint density at radius 2 is 1.77 bits per heavy atom. The molecule has 43 heavy (non-hydrogen) atoms. The monoisotopic (exact) mass is 602 g/mol. The third kappa shape index (κ3) is 11.9. The number of alkyl carbamates (subject to hydrolysis) is 1. The molecule has 238 valence electrons. The first-order valence-corrected chi connectivity index (χ1v) is 15.2. The fraction of sp³-hybridized carbons (Fsp3) is 0.645. The number of cyclic esters (lactones) is 1. The normalized spacial score (nSPS) is 23.6. The fourth-order valence-corrected chi connectivity index (χ4v) is 5.28. The van der Waals surface area contributed by atoms with Crippen LogP contribution in [0.25, 0.3) is 0 Å². The highest BCUT2D eigenvalue weighted by molar-refractivity contribution is 5.92. The molecule has 1 aromatic carbocycles. The van der Waals surface area contributed by atoms with Crippen molar-refractivity contribution in [2.45, 2.75) is 108 Å². The van der Waals surface area contributed by atoms with Crippen molar-refractivity contribution >= 4 is 29.8 Å². The molecule has 1 heterocycles. The van der Waals surface area contributed by atoms with Gasteiger partial charge < -0.3 is 35.8 Å². The van der Waals surface area contributed by atoms with Crippen molar-refractivity contribution in [2.75, 3.05) is 13.2 Å². The molecule has 1 saturated carbocycles. The van der Waals surface area contributed by atoms with Crippen LogP contribution in [0.5, 0.6) is 0 Å². The average molecular weight is 603 g/mol. The summed E-state index contributed by atoms with van der Waals surface area (Å²) in [5.41, 5.74) is -0.0376. The van der Waals surface area contributed by atoms with Gasteiger partial charge in [0.15, 0.2) is 6.10 Å². The Morgan fingerprint density at radius 1 is 1.07 bits per heavy atom. The number of aliphatic hydroxyl groups excluding tert-OH is 1. The molecule has 5 N–H and O–H groups in total. The highest BCUT2D eigenvalue weighted by Crippen LogP contribution is 2.28. The van der Waals surface area contributed by atoms with Gasteiger partial charge in [-0.3, -0.25) is 14.4 Å². The smallest absolute Gasteiger partial charge is 0.408 e. The fourth-order valence-electron chi connectivity index (χ4n) is 5.28. The van der Waals surface area contributed by atoms with E-state index in [2.05, 4.69) is 21.3 Å². The Hall–Kier alpha value is -3.67. The largest absolute Gasteiger partial charge is 0.464 e. The van der Waals surface area contributed by atoms with Crippen molar-refractivity contribution in [2.24, 2.45) is 5.92 Å². The summed E-state index contributed by atoms with van der Waals surface area (Å²) in [7, 11) is 0. The molecule has 1 aromatic rings. The third-order valence-corrected chi connectivity index (χ3v) is 7.48. The number of hydrogen-bond acceptors (Lipinski definition) is 8. The number of hydrogen-bond donors (Lipinski definition) is 5. The van der Waals surface area contributed by atoms with Crippen LogP contribution in [0.15, 0.2) is 30.3 Å². The van der Waals surface area contributed by atoms with Gasteiger partial charge in [-0.15, -0.1) is 0 Å². The molecule has 2 aliphatic rings. The number of rotatable bonds is 7. The van der Waals surface area contributed by atoms with Crippen molar-refractivity contribution < 1.29 is 38.6 Å². The van der Waals surface area contributed by atoms with Gasteiger partial charge in [-0.25, -0.2) is 9.59 Å². The minimum atomic E-state index is -1.61. The zero-order valence-corrected chi connectivity index (χ0v) is 25.4. The van der Waals surface area contributed by atoms with E-state index in [1.54, 1.807) is 45.0 Å². The summed E-state index contributed by atoms with van der Waals surface area (Å²) >= 11 is 0. The number of nitrogens with one attached hydrogen (secondary N) is 4. The summed E-state index contributed by atoms with van der Waals surface area (Å²) in [6.45, 7) is 4.82. The molecule has 1 aliphatic heterocycles. The van der Waals surface area contributed by atoms with E-state index < -0.39 is 59.6 Å². The number of aliphatic hydroxyl groups is 1. The van der Waals surface area contributed by atoms with Gasteiger partial charge >= 0.3 is 12.1 Å². The predicted molar refractivity (Wildman–Crippen MR) is 158 cm³/mol. The molecule has 3 rings (SSSR count). The maximum absolute atomic E-state index is 13.6. The van der Waals surface area contributed by atoms with Gasteiger partial charge in [-0.1, -0.05) is 62.4 Å². The number of carbonyl (C=O) groups excluding carboxylic acids is 5. The number of benzene rings is 1. The van der Waals surface area contributed by atoms with E-state index >= 15 is 0 Å². The lowest BCUT2D eigenvalue weighted by molar-refractivity contribution is -0.156. The van der Waals surface area contributed by atoms with Crippen molar-refractivity contribution in [3.8, 4) is 0 Å². The SMILES string of the molecule is CC(C)(C)OC(=O)N[C@@H](Cc1ccccc1)C(=O)N[C@H]1CNC(=O)CCCOC(=O)[C@H](O)[C@H](CC2CCCCC2)NC1=O. The second-order valence-electron chi connectivity index (χ2n) is 12.3. The van der Waals surface area contributed by atoms with E-state index in [1.807, 2.05) is 6.07 Å². The molecule has 2 fully saturated rings. The maximum atomic E-state index is 13.6. The van der Waals surface area contributed by atoms with Gasteiger partial charge in [-0.05, 0) is 45.1 Å². The van der Waals surface area contributed by atoms with Crippen LogP contribution in [0.2, 0.25) is 0 Å². The molecule has 0 aromatic heterocycles. The number of carbonyl (C=O) groups is 5. The minimum Gasteiger partial charge on any atom is -0.464 e. The number of esters is 1. The zero-order valence-electron chi connectivity index (χ0n) is 25.4. The van der Waals surface area contributed by atoms with Gasteiger partial charge in [0.05, 0.1) is 12.6 Å². The van der Waals surface area contributed by atoms with Gasteiger partial charge in [0.25, 0.3) is 0 Å². The average Bonchev–Trinajstić information content (AvgIpc) is 2.96. The molecule has 0 bridgehead atoms. The van der Waals surface area contributed by atoms with Crippen LogP contribution in [0, 0.1) is 5.92 Å². The van der Waals surface area contributed by atoms with Crippen LogP contribution < -0.4 is 21.3 Å². The Morgan fingerprint density at radius 3 is 2.44 bits per heavy atom. The molecule has 0 spiro atoms. The van der Waals surface area contributed by atoms with Crippen LogP contribution >= 0.6 is 0 Å². The van der Waals surface area contributed by atoms with Crippen LogP contribution in [-0.2, 0) is 35.1 Å². The third-order valence-electron chi connectivity index (χ3n) is 7.48. The molecule has 1 aliphatic carbocycles. The maximum Gasteiger partial charge on any atom is 0.408 e. The lowest BCUT2D eigenvalue weighted by Crippen LogP contribution is -2.60. The molecular weight excluding hydrogens is 556 g/mol. The first-order valence-electron chi connectivity index (χ1n) is 15.2. The summed E-state index contributed by atoms with van der Waals surface area (Å²) in [6, 6.07) is 5.74. The lowest BCUT2D eigenvalue weighted by Gasteiger charge is -2.31. The molecule has 12 heteroatoms. The van der Waals surface area contributed by atoms with Crippen molar-refractivity contribution in [3.63, 3.8) is 0 Å². The molecule has 0 unspecified atom stereocenters. The molecule has 1 saturated heterocycles. The van der Waals surface area contributed by atoms with Gasteiger partial charge in [0.2, 0.25) is 17.7 Å². The summed E-state index contributed by atoms with van der Waals surface area (Å²) in [4.78, 5) is 64.9. The summed E-state index contributed by atoms with van der Waals surface area (Å²) < 4.78 is 10.5. The minimum absolute atomic E-state index is 0.0218. The van der Waals surface area contributed by atoms with Crippen LogP contribution in [0.3, 0.4) is 0 Å². The van der Waals surface area contributed by atoms with E-state index in [0.717, 1.165) is 37.7 Å². The Bertz CT molecular complexity index is 1100. The van der Waals surface area contributed by atoms with Crippen LogP contribution in [0.4, 0.5) is 4.79 Å². The van der Waals surface area contributed by atoms with E-state index in [9.17, 15) is 29.1 Å².